The van der Waals surface area contributed by atoms with E-state index >= 15 is 0 Å². The molecule has 4 heteroatoms. The zero-order valence-electron chi connectivity index (χ0n) is 10.6. The lowest BCUT2D eigenvalue weighted by Gasteiger charge is -2.22. The SMILES string of the molecule is Cc1cnc(N)nc1NC1CCCCCCC1. The van der Waals surface area contributed by atoms with Gasteiger partial charge in [0.05, 0.1) is 0 Å². The first-order chi connectivity index (χ1) is 8.25. The lowest BCUT2D eigenvalue weighted by molar-refractivity contribution is 0.470. The summed E-state index contributed by atoms with van der Waals surface area (Å²) in [6, 6.07) is 0.545. The van der Waals surface area contributed by atoms with Gasteiger partial charge in [-0.25, -0.2) is 4.98 Å². The summed E-state index contributed by atoms with van der Waals surface area (Å²) in [6.07, 6.45) is 11.0. The van der Waals surface area contributed by atoms with Crippen LogP contribution >= 0.6 is 0 Å². The van der Waals surface area contributed by atoms with Crippen LogP contribution in [0.25, 0.3) is 0 Å². The fraction of sp³-hybridized carbons (Fsp3) is 0.692. The van der Waals surface area contributed by atoms with Crippen molar-refractivity contribution in [2.75, 3.05) is 11.1 Å². The first-order valence-electron chi connectivity index (χ1n) is 6.61. The first kappa shape index (κ1) is 12.1. The van der Waals surface area contributed by atoms with Crippen molar-refractivity contribution in [1.29, 1.82) is 0 Å². The second-order valence-corrected chi connectivity index (χ2v) is 4.95. The van der Waals surface area contributed by atoms with Gasteiger partial charge in [-0.05, 0) is 19.8 Å². The molecule has 0 radical (unpaired) electrons. The molecular formula is C13H22N4. The topological polar surface area (TPSA) is 63.8 Å². The molecule has 1 aromatic rings. The fourth-order valence-electron chi connectivity index (χ4n) is 2.40. The van der Waals surface area contributed by atoms with Gasteiger partial charge in [-0.1, -0.05) is 32.1 Å². The third kappa shape index (κ3) is 3.58. The van der Waals surface area contributed by atoms with Crippen molar-refractivity contribution in [2.24, 2.45) is 0 Å². The molecule has 1 aliphatic carbocycles. The standard InChI is InChI=1S/C13H22N4/c1-10-9-15-13(14)17-12(10)16-11-7-5-3-2-4-6-8-11/h9,11H,2-8H2,1H3,(H3,14,15,16,17). The van der Waals surface area contributed by atoms with Crippen molar-refractivity contribution in [3.8, 4) is 0 Å². The van der Waals surface area contributed by atoms with Crippen LogP contribution in [0.3, 0.4) is 0 Å². The molecule has 0 bridgehead atoms. The summed E-state index contributed by atoms with van der Waals surface area (Å²) in [7, 11) is 0. The number of anilines is 2. The summed E-state index contributed by atoms with van der Waals surface area (Å²) >= 11 is 0. The highest BCUT2D eigenvalue weighted by Gasteiger charge is 2.13. The number of rotatable bonds is 2. The van der Waals surface area contributed by atoms with E-state index in [4.69, 9.17) is 5.73 Å². The Kier molecular flexibility index (Phi) is 4.18. The molecule has 1 fully saturated rings. The minimum Gasteiger partial charge on any atom is -0.368 e. The maximum atomic E-state index is 5.63. The third-order valence-electron chi connectivity index (χ3n) is 3.44. The quantitative estimate of drug-likeness (QED) is 0.826. The van der Waals surface area contributed by atoms with Crippen molar-refractivity contribution in [3.05, 3.63) is 11.8 Å². The third-order valence-corrected chi connectivity index (χ3v) is 3.44. The smallest absolute Gasteiger partial charge is 0.221 e. The Bertz CT molecular complexity index is 356. The van der Waals surface area contributed by atoms with Crippen LogP contribution in [-0.2, 0) is 0 Å². The average Bonchev–Trinajstić information content (AvgIpc) is 2.27. The van der Waals surface area contributed by atoms with E-state index in [9.17, 15) is 0 Å². The average molecular weight is 234 g/mol. The highest BCUT2D eigenvalue weighted by atomic mass is 15.1. The van der Waals surface area contributed by atoms with Gasteiger partial charge >= 0.3 is 0 Å². The van der Waals surface area contributed by atoms with E-state index in [1.807, 2.05) is 6.92 Å². The molecule has 0 saturated heterocycles. The molecule has 1 heterocycles. The van der Waals surface area contributed by atoms with Crippen LogP contribution in [0.5, 0.6) is 0 Å². The number of aromatic nitrogens is 2. The van der Waals surface area contributed by atoms with Gasteiger partial charge in [-0.2, -0.15) is 4.98 Å². The van der Waals surface area contributed by atoms with Crippen molar-refractivity contribution in [2.45, 2.75) is 57.9 Å². The van der Waals surface area contributed by atoms with E-state index in [-0.39, 0.29) is 0 Å². The zero-order chi connectivity index (χ0) is 12.1. The molecule has 0 spiro atoms. The lowest BCUT2D eigenvalue weighted by atomic mass is 9.96. The molecule has 1 aromatic heterocycles. The van der Waals surface area contributed by atoms with Gasteiger partial charge in [-0.15, -0.1) is 0 Å². The number of nitrogens with two attached hydrogens (primary N) is 1. The first-order valence-corrected chi connectivity index (χ1v) is 6.61. The molecule has 0 atom stereocenters. The van der Waals surface area contributed by atoms with Gasteiger partial charge in [0.2, 0.25) is 5.95 Å². The number of nitrogens with one attached hydrogen (secondary N) is 1. The molecule has 1 saturated carbocycles. The van der Waals surface area contributed by atoms with Crippen LogP contribution in [-0.4, -0.2) is 16.0 Å². The predicted molar refractivity (Wildman–Crippen MR) is 70.9 cm³/mol. The van der Waals surface area contributed by atoms with Gasteiger partial charge < -0.3 is 11.1 Å². The van der Waals surface area contributed by atoms with E-state index in [0.29, 0.717) is 12.0 Å². The van der Waals surface area contributed by atoms with Crippen LogP contribution in [0.1, 0.15) is 50.5 Å². The molecule has 0 unspecified atom stereocenters. The second-order valence-electron chi connectivity index (χ2n) is 4.95. The van der Waals surface area contributed by atoms with Gasteiger partial charge in [0.25, 0.3) is 0 Å². The summed E-state index contributed by atoms with van der Waals surface area (Å²) in [5.74, 6) is 1.26. The van der Waals surface area contributed by atoms with E-state index < -0.39 is 0 Å². The van der Waals surface area contributed by atoms with Crippen molar-refractivity contribution in [1.82, 2.24) is 9.97 Å². The minimum atomic E-state index is 0.351. The number of aryl methyl sites for hydroxylation is 1. The predicted octanol–water partition coefficient (Wildman–Crippen LogP) is 2.89. The van der Waals surface area contributed by atoms with Crippen molar-refractivity contribution in [3.63, 3.8) is 0 Å². The summed E-state index contributed by atoms with van der Waals surface area (Å²) in [5, 5.41) is 3.53. The van der Waals surface area contributed by atoms with Crippen LogP contribution < -0.4 is 11.1 Å². The van der Waals surface area contributed by atoms with E-state index in [1.165, 1.54) is 44.9 Å². The van der Waals surface area contributed by atoms with E-state index in [1.54, 1.807) is 6.20 Å². The highest BCUT2D eigenvalue weighted by molar-refractivity contribution is 5.45. The zero-order valence-corrected chi connectivity index (χ0v) is 10.6. The molecule has 17 heavy (non-hydrogen) atoms. The molecule has 2 rings (SSSR count). The number of nitrogens with zero attached hydrogens (tertiary/aromatic N) is 2. The Balaban J connectivity index is 2.00. The highest BCUT2D eigenvalue weighted by Crippen LogP contribution is 2.21. The van der Waals surface area contributed by atoms with E-state index in [0.717, 1.165) is 11.4 Å². The summed E-state index contributed by atoms with van der Waals surface area (Å²) < 4.78 is 0. The normalized spacial score (nSPS) is 18.4. The molecule has 4 nitrogen and oxygen atoms in total. The molecule has 0 aromatic carbocycles. The second kappa shape index (κ2) is 5.84. The fourth-order valence-corrected chi connectivity index (χ4v) is 2.40. The Morgan fingerprint density at radius 3 is 2.53 bits per heavy atom. The maximum absolute atomic E-state index is 5.63. The van der Waals surface area contributed by atoms with Gasteiger partial charge in [0.1, 0.15) is 5.82 Å². The largest absolute Gasteiger partial charge is 0.368 e. The number of nitrogen functional groups attached to an aromatic ring is 1. The number of hydrogen-bond acceptors (Lipinski definition) is 4. The van der Waals surface area contributed by atoms with Gasteiger partial charge in [0, 0.05) is 17.8 Å². The Labute approximate surface area is 103 Å². The van der Waals surface area contributed by atoms with Crippen LogP contribution in [0.15, 0.2) is 6.20 Å². The molecule has 1 aliphatic rings. The van der Waals surface area contributed by atoms with E-state index in [2.05, 4.69) is 15.3 Å². The van der Waals surface area contributed by atoms with Crippen LogP contribution in [0, 0.1) is 6.92 Å². The molecule has 3 N–H and O–H groups in total. The van der Waals surface area contributed by atoms with Gasteiger partial charge in [-0.3, -0.25) is 0 Å². The summed E-state index contributed by atoms with van der Waals surface area (Å²) in [6.45, 7) is 2.02. The van der Waals surface area contributed by atoms with Crippen molar-refractivity contribution < 1.29 is 0 Å². The Hall–Kier alpha value is -1.32. The Morgan fingerprint density at radius 1 is 1.18 bits per heavy atom. The summed E-state index contributed by atoms with van der Waals surface area (Å²) in [5.41, 5.74) is 6.70. The van der Waals surface area contributed by atoms with Crippen LogP contribution in [0.2, 0.25) is 0 Å². The molecule has 0 aliphatic heterocycles. The minimum absolute atomic E-state index is 0.351. The van der Waals surface area contributed by atoms with Crippen LogP contribution in [0.4, 0.5) is 11.8 Å². The lowest BCUT2D eigenvalue weighted by Crippen LogP contribution is -2.22. The molecule has 94 valence electrons. The monoisotopic (exact) mass is 234 g/mol. The Morgan fingerprint density at radius 2 is 1.82 bits per heavy atom. The maximum Gasteiger partial charge on any atom is 0.221 e. The molecule has 0 amide bonds. The summed E-state index contributed by atoms with van der Waals surface area (Å²) in [4.78, 5) is 8.27. The van der Waals surface area contributed by atoms with Crippen molar-refractivity contribution >= 4 is 11.8 Å². The van der Waals surface area contributed by atoms with Gasteiger partial charge in [0.15, 0.2) is 0 Å². The molecular weight excluding hydrogens is 212 g/mol. The number of hydrogen-bond donors (Lipinski definition) is 2.